The lowest BCUT2D eigenvalue weighted by atomic mass is 10.1. The second-order valence-electron chi connectivity index (χ2n) is 7.63. The molecule has 6 heteroatoms. The summed E-state index contributed by atoms with van der Waals surface area (Å²) in [6, 6.07) is 30.6. The Morgan fingerprint density at radius 2 is 1.35 bits per heavy atom. The molecule has 1 heterocycles. The van der Waals surface area contributed by atoms with E-state index in [1.165, 1.54) is 4.57 Å². The van der Waals surface area contributed by atoms with Gasteiger partial charge >= 0.3 is 0 Å². The van der Waals surface area contributed by atoms with E-state index in [1.807, 2.05) is 30.3 Å². The Morgan fingerprint density at radius 1 is 0.735 bits per heavy atom. The fourth-order valence-corrected chi connectivity index (χ4v) is 3.82. The summed E-state index contributed by atoms with van der Waals surface area (Å²) < 4.78 is 7.27. The lowest BCUT2D eigenvalue weighted by molar-refractivity contribution is 0.102. The third-order valence-electron chi connectivity index (χ3n) is 5.37. The number of para-hydroxylation sites is 1. The van der Waals surface area contributed by atoms with E-state index in [0.717, 1.165) is 5.75 Å². The molecule has 0 fully saturated rings. The summed E-state index contributed by atoms with van der Waals surface area (Å²) in [6.07, 6.45) is 1.57. The maximum atomic E-state index is 13.3. The molecule has 0 bridgehead atoms. The number of ether oxygens (including phenoxy) is 1. The first-order chi connectivity index (χ1) is 16.6. The van der Waals surface area contributed by atoms with Crippen LogP contribution in [0.4, 0.5) is 5.69 Å². The third-order valence-corrected chi connectivity index (χ3v) is 5.62. The van der Waals surface area contributed by atoms with E-state index >= 15 is 0 Å². The van der Waals surface area contributed by atoms with Crippen molar-refractivity contribution >= 4 is 34.0 Å². The van der Waals surface area contributed by atoms with E-state index in [4.69, 9.17) is 16.3 Å². The minimum absolute atomic E-state index is 0.211. The number of fused-ring (bicyclic) bond motifs is 1. The summed E-state index contributed by atoms with van der Waals surface area (Å²) in [5, 5.41) is 4.52. The Kier molecular flexibility index (Phi) is 5.85. The molecule has 0 saturated heterocycles. The van der Waals surface area contributed by atoms with E-state index in [9.17, 15) is 9.59 Å². The molecule has 0 aliphatic carbocycles. The molecule has 34 heavy (non-hydrogen) atoms. The van der Waals surface area contributed by atoms with Crippen LogP contribution in [0.25, 0.3) is 16.5 Å². The van der Waals surface area contributed by atoms with Crippen molar-refractivity contribution in [1.29, 1.82) is 0 Å². The second-order valence-corrected chi connectivity index (χ2v) is 8.07. The molecule has 4 aromatic carbocycles. The SMILES string of the molecule is O=C(Nc1ccc(Oc2ccccc2)cc1)c1cn(-c2ccc(Cl)cc2)c(=O)c2ccccc12. The van der Waals surface area contributed by atoms with Crippen LogP contribution in [0.15, 0.2) is 114 Å². The number of hydrogen-bond acceptors (Lipinski definition) is 3. The zero-order valence-electron chi connectivity index (χ0n) is 17.9. The van der Waals surface area contributed by atoms with Crippen molar-refractivity contribution in [3.05, 3.63) is 130 Å². The monoisotopic (exact) mass is 466 g/mol. The highest BCUT2D eigenvalue weighted by molar-refractivity contribution is 6.30. The summed E-state index contributed by atoms with van der Waals surface area (Å²) in [7, 11) is 0. The van der Waals surface area contributed by atoms with Gasteiger partial charge in [0.05, 0.1) is 5.56 Å². The maximum absolute atomic E-state index is 13.3. The predicted octanol–water partition coefficient (Wildman–Crippen LogP) is 6.69. The summed E-state index contributed by atoms with van der Waals surface area (Å²) in [4.78, 5) is 26.4. The van der Waals surface area contributed by atoms with Gasteiger partial charge in [0.2, 0.25) is 0 Å². The number of halogens is 1. The number of amides is 1. The molecular formula is C28H19ClN2O3. The highest BCUT2D eigenvalue weighted by Crippen LogP contribution is 2.24. The molecule has 0 atom stereocenters. The second kappa shape index (κ2) is 9.25. The van der Waals surface area contributed by atoms with E-state index in [0.29, 0.717) is 38.5 Å². The first kappa shape index (κ1) is 21.5. The van der Waals surface area contributed by atoms with Gasteiger partial charge in [-0.25, -0.2) is 0 Å². The standard InChI is InChI=1S/C28H19ClN2O3/c29-19-10-14-21(15-11-19)31-18-26(24-8-4-5-9-25(24)28(31)33)27(32)30-20-12-16-23(17-13-20)34-22-6-2-1-3-7-22/h1-18H,(H,30,32). The van der Waals surface area contributed by atoms with Crippen molar-refractivity contribution in [2.24, 2.45) is 0 Å². The number of aromatic nitrogens is 1. The van der Waals surface area contributed by atoms with Crippen molar-refractivity contribution < 1.29 is 9.53 Å². The van der Waals surface area contributed by atoms with Crippen molar-refractivity contribution in [2.45, 2.75) is 0 Å². The van der Waals surface area contributed by atoms with Gasteiger partial charge in [-0.15, -0.1) is 0 Å². The summed E-state index contributed by atoms with van der Waals surface area (Å²) in [5.41, 5.74) is 1.40. The zero-order chi connectivity index (χ0) is 23.5. The van der Waals surface area contributed by atoms with Crippen molar-refractivity contribution in [3.8, 4) is 17.2 Å². The molecule has 5 rings (SSSR count). The molecule has 5 nitrogen and oxygen atoms in total. The van der Waals surface area contributed by atoms with Crippen LogP contribution < -0.4 is 15.6 Å². The number of nitrogens with one attached hydrogen (secondary N) is 1. The van der Waals surface area contributed by atoms with Crippen molar-refractivity contribution in [3.63, 3.8) is 0 Å². The van der Waals surface area contributed by atoms with Crippen molar-refractivity contribution in [2.75, 3.05) is 5.32 Å². The molecule has 0 spiro atoms. The van der Waals surface area contributed by atoms with Gasteiger partial charge in [-0.05, 0) is 66.7 Å². The van der Waals surface area contributed by atoms with Gasteiger partial charge < -0.3 is 10.1 Å². The fourth-order valence-electron chi connectivity index (χ4n) is 3.70. The normalized spacial score (nSPS) is 10.7. The quantitative estimate of drug-likeness (QED) is 0.314. The van der Waals surface area contributed by atoms with Crippen LogP contribution in [-0.2, 0) is 0 Å². The number of rotatable bonds is 5. The molecule has 0 saturated carbocycles. The number of benzene rings is 4. The molecule has 1 amide bonds. The van der Waals surface area contributed by atoms with Crippen LogP contribution in [-0.4, -0.2) is 10.5 Å². The fraction of sp³-hybridized carbons (Fsp3) is 0. The molecule has 0 aliphatic rings. The molecule has 0 radical (unpaired) electrons. The highest BCUT2D eigenvalue weighted by atomic mass is 35.5. The van der Waals surface area contributed by atoms with E-state index in [2.05, 4.69) is 5.32 Å². The smallest absolute Gasteiger partial charge is 0.262 e. The Labute approximate surface area is 200 Å². The number of anilines is 1. The topological polar surface area (TPSA) is 60.3 Å². The minimum atomic E-state index is -0.323. The van der Waals surface area contributed by atoms with E-state index < -0.39 is 0 Å². The Hall–Kier alpha value is -4.35. The largest absolute Gasteiger partial charge is 0.457 e. The number of carbonyl (C=O) groups excluding carboxylic acids is 1. The highest BCUT2D eigenvalue weighted by Gasteiger charge is 2.16. The first-order valence-electron chi connectivity index (χ1n) is 10.6. The lowest BCUT2D eigenvalue weighted by Crippen LogP contribution is -2.22. The average Bonchev–Trinajstić information content (AvgIpc) is 2.87. The Bertz CT molecular complexity index is 1530. The van der Waals surface area contributed by atoms with Gasteiger partial charge in [-0.2, -0.15) is 0 Å². The number of hydrogen-bond donors (Lipinski definition) is 1. The number of pyridine rings is 1. The predicted molar refractivity (Wildman–Crippen MR) is 135 cm³/mol. The molecule has 166 valence electrons. The average molecular weight is 467 g/mol. The number of nitrogens with zero attached hydrogens (tertiary/aromatic N) is 1. The summed E-state index contributed by atoms with van der Waals surface area (Å²) in [6.45, 7) is 0. The molecule has 1 aromatic heterocycles. The van der Waals surface area contributed by atoms with Gasteiger partial charge in [0.25, 0.3) is 11.5 Å². The zero-order valence-corrected chi connectivity index (χ0v) is 18.7. The van der Waals surface area contributed by atoms with E-state index in [1.54, 1.807) is 79.0 Å². The first-order valence-corrected chi connectivity index (χ1v) is 11.0. The van der Waals surface area contributed by atoms with Crippen LogP contribution in [0, 0.1) is 0 Å². The van der Waals surface area contributed by atoms with Gasteiger partial charge in [-0.3, -0.25) is 14.2 Å². The Morgan fingerprint density at radius 3 is 2.06 bits per heavy atom. The molecule has 5 aromatic rings. The van der Waals surface area contributed by atoms with Crippen LogP contribution in [0.3, 0.4) is 0 Å². The minimum Gasteiger partial charge on any atom is -0.457 e. The van der Waals surface area contributed by atoms with Crippen LogP contribution >= 0.6 is 11.6 Å². The van der Waals surface area contributed by atoms with Crippen LogP contribution in [0.2, 0.25) is 5.02 Å². The van der Waals surface area contributed by atoms with Crippen LogP contribution in [0.1, 0.15) is 10.4 Å². The maximum Gasteiger partial charge on any atom is 0.262 e. The molecule has 0 unspecified atom stereocenters. The lowest BCUT2D eigenvalue weighted by Gasteiger charge is -2.13. The summed E-state index contributed by atoms with van der Waals surface area (Å²) >= 11 is 6.00. The van der Waals surface area contributed by atoms with Gasteiger partial charge in [0, 0.05) is 33.4 Å². The van der Waals surface area contributed by atoms with Crippen LogP contribution in [0.5, 0.6) is 11.5 Å². The van der Waals surface area contributed by atoms with E-state index in [-0.39, 0.29) is 11.5 Å². The molecule has 0 aliphatic heterocycles. The summed E-state index contributed by atoms with van der Waals surface area (Å²) in [5.74, 6) is 1.07. The third kappa shape index (κ3) is 4.42. The molecule has 1 N–H and O–H groups in total. The Balaban J connectivity index is 1.46. The van der Waals surface area contributed by atoms with Crippen molar-refractivity contribution in [1.82, 2.24) is 4.57 Å². The number of carbonyl (C=O) groups is 1. The molecular weight excluding hydrogens is 448 g/mol. The van der Waals surface area contributed by atoms with Gasteiger partial charge in [0.1, 0.15) is 11.5 Å². The van der Waals surface area contributed by atoms with Gasteiger partial charge in [0.15, 0.2) is 0 Å². The van der Waals surface area contributed by atoms with Gasteiger partial charge in [-0.1, -0.05) is 48.0 Å².